The molecular weight excluding hydrogens is 350 g/mol. The minimum Gasteiger partial charge on any atom is -0.218 e. The minimum absolute atomic E-state index is 0.00596. The van der Waals surface area contributed by atoms with E-state index in [1.54, 1.807) is 12.1 Å². The van der Waals surface area contributed by atoms with Crippen LogP contribution in [-0.2, 0) is 9.84 Å². The summed E-state index contributed by atoms with van der Waals surface area (Å²) in [4.78, 5) is -0.0638. The van der Waals surface area contributed by atoms with Crippen molar-refractivity contribution in [3.8, 4) is 0 Å². The van der Waals surface area contributed by atoms with Gasteiger partial charge in [0.25, 0.3) is 0 Å². The summed E-state index contributed by atoms with van der Waals surface area (Å²) in [6.45, 7) is 0. The van der Waals surface area contributed by atoms with E-state index in [4.69, 9.17) is 46.4 Å². The van der Waals surface area contributed by atoms with Gasteiger partial charge in [-0.1, -0.05) is 52.5 Å². The van der Waals surface area contributed by atoms with Crippen LogP contribution in [0.2, 0.25) is 20.1 Å². The molecule has 0 saturated heterocycles. The number of benzene rings is 2. The summed E-state index contributed by atoms with van der Waals surface area (Å²) in [6, 6.07) is 8.59. The lowest BCUT2D eigenvalue weighted by Crippen LogP contribution is -2.03. The highest BCUT2D eigenvalue weighted by atomic mass is 35.5. The molecule has 0 amide bonds. The van der Waals surface area contributed by atoms with Crippen molar-refractivity contribution in [2.24, 2.45) is 0 Å². The number of halogens is 4. The molecule has 7 heteroatoms. The Labute approximate surface area is 130 Å². The van der Waals surface area contributed by atoms with E-state index in [1.165, 1.54) is 24.3 Å². The van der Waals surface area contributed by atoms with Crippen molar-refractivity contribution >= 4 is 56.2 Å². The summed E-state index contributed by atoms with van der Waals surface area (Å²) < 4.78 is 24.9. The fraction of sp³-hybridized carbons (Fsp3) is 0. The Morgan fingerprint density at radius 3 is 2.16 bits per heavy atom. The zero-order valence-electron chi connectivity index (χ0n) is 9.20. The van der Waals surface area contributed by atoms with E-state index < -0.39 is 9.84 Å². The Hall–Kier alpha value is -0.450. The summed E-state index contributed by atoms with van der Waals surface area (Å²) in [5.41, 5.74) is 0. The topological polar surface area (TPSA) is 34.1 Å². The van der Waals surface area contributed by atoms with Crippen LogP contribution in [0.4, 0.5) is 0 Å². The molecule has 0 unspecified atom stereocenters. The van der Waals surface area contributed by atoms with Gasteiger partial charge in [0.2, 0.25) is 9.84 Å². The highest BCUT2D eigenvalue weighted by molar-refractivity contribution is 7.91. The van der Waals surface area contributed by atoms with Gasteiger partial charge in [-0.05, 0) is 30.3 Å². The molecule has 2 nitrogen and oxygen atoms in total. The summed E-state index contributed by atoms with van der Waals surface area (Å²) >= 11 is 23.4. The van der Waals surface area contributed by atoms with E-state index in [0.29, 0.717) is 5.02 Å². The lowest BCUT2D eigenvalue weighted by atomic mass is 10.3. The smallest absolute Gasteiger partial charge is 0.208 e. The van der Waals surface area contributed by atoms with Gasteiger partial charge < -0.3 is 0 Å². The maximum absolute atomic E-state index is 12.4. The molecule has 2 aromatic rings. The van der Waals surface area contributed by atoms with E-state index in [1.807, 2.05) is 0 Å². The average molecular weight is 356 g/mol. The molecule has 0 saturated carbocycles. The molecule has 0 radical (unpaired) electrons. The molecule has 19 heavy (non-hydrogen) atoms. The second-order valence-corrected chi connectivity index (χ2v) is 7.15. The maximum atomic E-state index is 12.4. The third-order valence-corrected chi connectivity index (χ3v) is 5.83. The van der Waals surface area contributed by atoms with Crippen molar-refractivity contribution in [2.45, 2.75) is 9.79 Å². The number of rotatable bonds is 2. The zero-order chi connectivity index (χ0) is 14.2. The van der Waals surface area contributed by atoms with Gasteiger partial charge >= 0.3 is 0 Å². The Bertz CT molecular complexity index is 741. The van der Waals surface area contributed by atoms with Gasteiger partial charge in [0.05, 0.1) is 24.9 Å². The van der Waals surface area contributed by atoms with E-state index in [2.05, 4.69) is 0 Å². The number of sulfone groups is 1. The highest BCUT2D eigenvalue weighted by Crippen LogP contribution is 2.37. The van der Waals surface area contributed by atoms with Crippen molar-refractivity contribution in [3.05, 3.63) is 56.5 Å². The predicted octanol–water partition coefficient (Wildman–Crippen LogP) is 5.13. The summed E-state index contributed by atoms with van der Waals surface area (Å²) in [7, 11) is -3.79. The second kappa shape index (κ2) is 5.51. The van der Waals surface area contributed by atoms with Gasteiger partial charge in [-0.2, -0.15) is 0 Å². The minimum atomic E-state index is -3.79. The van der Waals surface area contributed by atoms with Crippen LogP contribution >= 0.6 is 46.4 Å². The maximum Gasteiger partial charge on any atom is 0.208 e. The Balaban J connectivity index is 2.67. The van der Waals surface area contributed by atoms with E-state index in [0.717, 1.165) is 0 Å². The normalized spacial score (nSPS) is 11.6. The molecule has 100 valence electrons. The highest BCUT2D eigenvalue weighted by Gasteiger charge is 2.23. The molecule has 0 spiro atoms. The Morgan fingerprint density at radius 2 is 1.53 bits per heavy atom. The summed E-state index contributed by atoms with van der Waals surface area (Å²) in [6.07, 6.45) is 0. The molecule has 0 aliphatic carbocycles. The Morgan fingerprint density at radius 1 is 0.842 bits per heavy atom. The second-order valence-electron chi connectivity index (χ2n) is 3.63. The molecule has 0 aromatic heterocycles. The first-order valence-corrected chi connectivity index (χ1v) is 7.97. The zero-order valence-corrected chi connectivity index (χ0v) is 13.0. The van der Waals surface area contributed by atoms with Gasteiger partial charge in [-0.15, -0.1) is 0 Å². The number of hydrogen-bond acceptors (Lipinski definition) is 2. The van der Waals surface area contributed by atoms with Gasteiger partial charge in [-0.25, -0.2) is 8.42 Å². The van der Waals surface area contributed by atoms with Crippen LogP contribution in [0.1, 0.15) is 0 Å². The van der Waals surface area contributed by atoms with Crippen molar-refractivity contribution in [1.29, 1.82) is 0 Å². The first-order chi connectivity index (χ1) is 8.84. The molecule has 0 atom stereocenters. The Kier molecular flexibility index (Phi) is 4.33. The van der Waals surface area contributed by atoms with Crippen LogP contribution in [-0.4, -0.2) is 8.42 Å². The fourth-order valence-corrected chi connectivity index (χ4v) is 4.01. The molecule has 0 N–H and O–H groups in total. The van der Waals surface area contributed by atoms with Crippen molar-refractivity contribution in [1.82, 2.24) is 0 Å². The van der Waals surface area contributed by atoms with Crippen molar-refractivity contribution < 1.29 is 8.42 Å². The molecule has 0 aliphatic rings. The third kappa shape index (κ3) is 2.86. The van der Waals surface area contributed by atoms with Gasteiger partial charge in [0.15, 0.2) is 0 Å². The third-order valence-electron chi connectivity index (χ3n) is 2.40. The first kappa shape index (κ1) is 14.9. The lowest BCUT2D eigenvalue weighted by Gasteiger charge is -2.09. The number of hydrogen-bond donors (Lipinski definition) is 0. The molecule has 0 bridgehead atoms. The van der Waals surface area contributed by atoms with Crippen molar-refractivity contribution in [3.63, 3.8) is 0 Å². The van der Waals surface area contributed by atoms with Crippen LogP contribution in [0.15, 0.2) is 46.2 Å². The largest absolute Gasteiger partial charge is 0.218 e. The van der Waals surface area contributed by atoms with E-state index in [9.17, 15) is 8.42 Å². The van der Waals surface area contributed by atoms with Gasteiger partial charge in [0.1, 0.15) is 0 Å². The van der Waals surface area contributed by atoms with Crippen LogP contribution in [0, 0.1) is 0 Å². The molecule has 2 rings (SSSR count). The predicted molar refractivity (Wildman–Crippen MR) is 78.4 cm³/mol. The molecule has 0 heterocycles. The van der Waals surface area contributed by atoms with Crippen LogP contribution in [0.3, 0.4) is 0 Å². The molecule has 2 aromatic carbocycles. The summed E-state index contributed by atoms with van der Waals surface area (Å²) in [5.74, 6) is 0. The fourth-order valence-electron chi connectivity index (χ4n) is 1.48. The SMILES string of the molecule is O=S(=O)(c1cccc(Cl)c1)c1ccc(Cl)c(Cl)c1Cl. The van der Waals surface area contributed by atoms with E-state index in [-0.39, 0.29) is 24.9 Å². The molecule has 0 fully saturated rings. The first-order valence-electron chi connectivity index (χ1n) is 4.98. The summed E-state index contributed by atoms with van der Waals surface area (Å²) in [5, 5.41) is 0.412. The quantitative estimate of drug-likeness (QED) is 0.699. The van der Waals surface area contributed by atoms with Gasteiger partial charge in [0, 0.05) is 5.02 Å². The standard InChI is InChI=1S/C12H6Cl4O2S/c13-7-2-1-3-8(6-7)19(17,18)10-5-4-9(14)11(15)12(10)16/h1-6H. The van der Waals surface area contributed by atoms with Crippen molar-refractivity contribution in [2.75, 3.05) is 0 Å². The van der Waals surface area contributed by atoms with Crippen LogP contribution in [0.5, 0.6) is 0 Å². The monoisotopic (exact) mass is 354 g/mol. The van der Waals surface area contributed by atoms with Gasteiger partial charge in [-0.3, -0.25) is 0 Å². The van der Waals surface area contributed by atoms with E-state index >= 15 is 0 Å². The molecule has 0 aliphatic heterocycles. The lowest BCUT2D eigenvalue weighted by molar-refractivity contribution is 0.596. The van der Waals surface area contributed by atoms with Crippen LogP contribution in [0.25, 0.3) is 0 Å². The molecular formula is C12H6Cl4O2S. The average Bonchev–Trinajstić information content (AvgIpc) is 2.36. The van der Waals surface area contributed by atoms with Crippen LogP contribution < -0.4 is 0 Å².